The predicted molar refractivity (Wildman–Crippen MR) is 527 cm³/mol. The highest BCUT2D eigenvalue weighted by Gasteiger charge is 2.44. The number of hydrogen-bond acceptors (Lipinski definition) is 19. The number of nitrogens with two attached hydrogens (primary N) is 1. The van der Waals surface area contributed by atoms with Gasteiger partial charge in [-0.25, -0.2) is 18.8 Å². The van der Waals surface area contributed by atoms with Crippen LogP contribution in [0.5, 0.6) is 0 Å². The number of carboxylic acids is 4. The highest BCUT2D eigenvalue weighted by molar-refractivity contribution is 6.03. The van der Waals surface area contributed by atoms with Crippen molar-refractivity contribution in [2.75, 3.05) is 26.7 Å². The number of fused-ring (bicyclic) bond motifs is 4. The van der Waals surface area contributed by atoms with Gasteiger partial charge < -0.3 is 115 Å². The molecule has 11 aromatic rings. The molecule has 756 valence electrons. The van der Waals surface area contributed by atoms with Gasteiger partial charge in [0.05, 0.1) is 36.2 Å². The minimum atomic E-state index is -2.07. The van der Waals surface area contributed by atoms with Gasteiger partial charge in [-0.2, -0.15) is 0 Å². The molecule has 0 saturated carbocycles. The molecule has 145 heavy (non-hydrogen) atoms. The quantitative estimate of drug-likeness (QED) is 0.0479. The molecule has 2 saturated heterocycles. The van der Waals surface area contributed by atoms with E-state index in [1.54, 1.807) is 141 Å². The first-order valence-electron chi connectivity index (χ1n) is 46.9. The predicted octanol–water partition coefficient (Wildman–Crippen LogP) is 4.20. The summed E-state index contributed by atoms with van der Waals surface area (Å²) in [6, 6.07) is 27.5. The highest BCUT2D eigenvalue weighted by atomic mass is 19.1. The summed E-state index contributed by atoms with van der Waals surface area (Å²) in [7, 11) is 1.08. The van der Waals surface area contributed by atoms with Gasteiger partial charge in [0, 0.05) is 109 Å². The lowest BCUT2D eigenvalue weighted by molar-refractivity contribution is -0.146. The van der Waals surface area contributed by atoms with E-state index < -0.39 is 223 Å². The lowest BCUT2D eigenvalue weighted by Gasteiger charge is -2.31. The largest absolute Gasteiger partial charge is 0.481 e. The van der Waals surface area contributed by atoms with E-state index in [1.165, 1.54) is 94.6 Å². The van der Waals surface area contributed by atoms with Gasteiger partial charge in [-0.1, -0.05) is 148 Å². The van der Waals surface area contributed by atoms with Crippen LogP contribution in [0.3, 0.4) is 0 Å². The molecule has 14 amide bonds. The first-order valence-corrected chi connectivity index (χ1v) is 46.9. The van der Waals surface area contributed by atoms with Gasteiger partial charge in [0.1, 0.15) is 78.3 Å². The van der Waals surface area contributed by atoms with Crippen LogP contribution in [-0.4, -0.2) is 257 Å². The third-order valence-electron chi connectivity index (χ3n) is 25.8. The number of aromatic carboxylic acids is 3. The topological polar surface area (TPSA) is 612 Å². The Labute approximate surface area is 828 Å². The van der Waals surface area contributed by atoms with Gasteiger partial charge in [0.25, 0.3) is 0 Å². The maximum Gasteiger partial charge on any atom is 0.335 e. The Morgan fingerprint density at radius 3 is 1.29 bits per heavy atom. The number of aromatic amines is 3. The second-order valence-electron chi connectivity index (χ2n) is 36.0. The maximum atomic E-state index is 16.1. The molecular formula is C104H111FN18O22. The molecule has 40 nitrogen and oxygen atoms in total. The molecule has 3 aromatic heterocycles. The van der Waals surface area contributed by atoms with Crippen LogP contribution in [0.25, 0.3) is 55.0 Å². The van der Waals surface area contributed by atoms with Crippen molar-refractivity contribution in [2.45, 2.75) is 177 Å². The highest BCUT2D eigenvalue weighted by Crippen LogP contribution is 2.33. The number of aromatic nitrogens is 3. The Hall–Kier alpha value is -17.3. The minimum absolute atomic E-state index is 0.0223. The molecule has 13 rings (SSSR count). The third kappa shape index (κ3) is 26.5. The molecule has 14 atom stereocenters. The molecule has 0 unspecified atom stereocenters. The molecule has 2 aliphatic rings. The SMILES string of the molecule is CCC[C@@H]1NC(=O)[C@H](Cc2c[nH]c3ccccc23)NC(=O)[C@H](Cc2ccc(-c3ccc(C(=O)O)cc3)cc2)NC(=O)CNC(=O)[C@@H](C)N(C)C(=O)[C@H](CC(=O)O)NC(=O)[C@H]([C@@H](C)c2c[nH]c3cccc(F)c23)NC(=O)[C@@H]2C[C@@H](N)CN2C(=O)CNC(=O)[C@H](Cc2ccc(C(=O)O)cc2)NC(=O)[C@H](Cc2c[nH]c3ccccc23)NC(=O)[C@H](Cc2ccc(-c3ccc(C(=O)O)cc3)cc2)NC(=O)[C@H](C)NC(=O)[C@@H](C)NC1=O. The summed E-state index contributed by atoms with van der Waals surface area (Å²) in [4.78, 5) is 270. The molecule has 2 aliphatic heterocycles. The molecule has 21 N–H and O–H groups in total. The smallest absolute Gasteiger partial charge is 0.335 e. The third-order valence-corrected chi connectivity index (χ3v) is 25.8. The van der Waals surface area contributed by atoms with E-state index in [2.05, 4.69) is 78.8 Å². The van der Waals surface area contributed by atoms with Crippen LogP contribution in [0.2, 0.25) is 0 Å². The zero-order valence-electron chi connectivity index (χ0n) is 79.7. The molecule has 8 aromatic carbocycles. The lowest BCUT2D eigenvalue weighted by Crippen LogP contribution is -2.60. The Morgan fingerprint density at radius 1 is 0.414 bits per heavy atom. The van der Waals surface area contributed by atoms with Crippen LogP contribution in [0.1, 0.15) is 131 Å². The van der Waals surface area contributed by atoms with Gasteiger partial charge in [-0.15, -0.1) is 0 Å². The first-order chi connectivity index (χ1) is 69.3. The summed E-state index contributed by atoms with van der Waals surface area (Å²) < 4.78 is 16.1. The number of nitrogens with zero attached hydrogens (tertiary/aromatic N) is 2. The van der Waals surface area contributed by atoms with Gasteiger partial charge in [-0.3, -0.25) is 71.9 Å². The standard InChI is InChI=1S/C104H111FN18O22/c1-7-13-77-94(132)113-54(3)90(128)112-55(4)91(129)116-80(42-58-22-28-61(29-23-58)63-34-38-66(39-35-63)104(144)145)96(134)119-82(44-68-48-108-75-18-11-9-15-71(68)75)98(136)117-78(40-59-24-30-64(31-25-59)102(140)141)93(131)111-51-86(125)123-52-69(106)45-84(123)99(137)121-89(53(2)72-49-109-76-19-12-16-73(105)88(72)76)100(138)120-83(46-87(126)127)101(139)122(6)56(5)92(130)110-50-85(124)114-79(41-57-20-26-60(27-21-57)62-32-36-65(37-33-62)103(142)143)95(133)118-81(97(135)115-77)43-67-47-107-74-17-10-8-14-70(67)74/h8-12,14-39,47-49,53-56,69,77-84,89,107-109H,7,13,40-46,50-52,106H2,1-6H3,(H,110,130)(H,111,131)(H,112,128)(H,113,132)(H,114,124)(H,115,135)(H,116,129)(H,117,136)(H,118,133)(H,119,134)(H,120,138)(H,121,137)(H,126,127)(H,140,141)(H,142,143)(H,144,145)/t53-,54+,55-,56+,69+,77-,78-,79-,80-,81-,82-,83-,84-,89-/m0/s1. The van der Waals surface area contributed by atoms with Crippen molar-refractivity contribution in [2.24, 2.45) is 5.73 Å². The fourth-order valence-corrected chi connectivity index (χ4v) is 17.5. The average molecular weight is 1980 g/mol. The number of para-hydroxylation sites is 2. The maximum absolute atomic E-state index is 16.1. The summed E-state index contributed by atoms with van der Waals surface area (Å²) in [6.45, 7) is 4.66. The van der Waals surface area contributed by atoms with Crippen LogP contribution in [-0.2, 0) is 104 Å². The van der Waals surface area contributed by atoms with E-state index >= 15 is 38.0 Å². The lowest BCUT2D eigenvalue weighted by atomic mass is 9.91. The molecule has 5 heterocycles. The number of hydrogen-bond donors (Lipinski definition) is 20. The van der Waals surface area contributed by atoms with Gasteiger partial charge in [0.15, 0.2) is 0 Å². The molecule has 0 aliphatic carbocycles. The van der Waals surface area contributed by atoms with Crippen molar-refractivity contribution in [3.63, 3.8) is 0 Å². The van der Waals surface area contributed by atoms with Crippen molar-refractivity contribution < 1.29 is 111 Å². The van der Waals surface area contributed by atoms with Crippen molar-refractivity contribution in [3.05, 3.63) is 263 Å². The Balaban J connectivity index is 0.851. The van der Waals surface area contributed by atoms with E-state index in [4.69, 9.17) is 5.73 Å². The first kappa shape index (κ1) is 105. The fraction of sp³-hybridized carbons (Fsp3) is 0.308. The number of halogens is 1. The molecule has 0 bridgehead atoms. The van der Waals surface area contributed by atoms with Gasteiger partial charge in [0.2, 0.25) is 82.7 Å². The molecule has 2 fully saturated rings. The number of aliphatic carboxylic acids is 1. The summed E-state index contributed by atoms with van der Waals surface area (Å²) >= 11 is 0. The normalized spacial score (nSPS) is 22.2. The van der Waals surface area contributed by atoms with Crippen LogP contribution < -0.4 is 69.5 Å². The van der Waals surface area contributed by atoms with Crippen molar-refractivity contribution >= 4 is 139 Å². The Kier molecular flexibility index (Phi) is 34.3. The zero-order chi connectivity index (χ0) is 104. The van der Waals surface area contributed by atoms with Gasteiger partial charge >= 0.3 is 23.9 Å². The number of carbonyl (C=O) groups excluding carboxylic acids is 14. The monoisotopic (exact) mass is 1980 g/mol. The number of carbonyl (C=O) groups is 18. The van der Waals surface area contributed by atoms with E-state index in [1.807, 2.05) is 0 Å². The van der Waals surface area contributed by atoms with Gasteiger partial charge in [-0.05, 0) is 150 Å². The number of benzene rings is 8. The molecule has 0 radical (unpaired) electrons. The number of carboxylic acid groups (broad SMARTS) is 4. The molecular weight excluding hydrogens is 1870 g/mol. The zero-order valence-corrected chi connectivity index (χ0v) is 79.7. The van der Waals surface area contributed by atoms with Crippen LogP contribution >= 0.6 is 0 Å². The number of nitrogens with one attached hydrogen (secondary N) is 15. The van der Waals surface area contributed by atoms with E-state index in [-0.39, 0.29) is 90.2 Å². The van der Waals surface area contributed by atoms with E-state index in [0.717, 1.165) is 22.9 Å². The van der Waals surface area contributed by atoms with E-state index in [9.17, 15) is 73.2 Å². The van der Waals surface area contributed by atoms with Crippen LogP contribution in [0, 0.1) is 5.82 Å². The summed E-state index contributed by atoms with van der Waals surface area (Å²) in [6.07, 6.45) is 1.54. The van der Waals surface area contributed by atoms with Crippen molar-refractivity contribution in [1.29, 1.82) is 0 Å². The Morgan fingerprint density at radius 2 is 0.807 bits per heavy atom. The van der Waals surface area contributed by atoms with Crippen molar-refractivity contribution in [1.82, 2.24) is 88.6 Å². The Bertz CT molecular complexity index is 6750. The van der Waals surface area contributed by atoms with Crippen LogP contribution in [0.15, 0.2) is 207 Å². The summed E-state index contributed by atoms with van der Waals surface area (Å²) in [5, 5.41) is 72.2. The second-order valence-corrected chi connectivity index (χ2v) is 36.0. The summed E-state index contributed by atoms with van der Waals surface area (Å²) in [5.41, 5.74) is 12.4. The number of H-pyrrole nitrogens is 3. The summed E-state index contributed by atoms with van der Waals surface area (Å²) in [5.74, 6) is -21.8. The van der Waals surface area contributed by atoms with Crippen LogP contribution in [0.4, 0.5) is 4.39 Å². The average Bonchev–Trinajstić information content (AvgIpc) is 1.63. The van der Waals surface area contributed by atoms with E-state index in [0.29, 0.717) is 66.3 Å². The fourth-order valence-electron chi connectivity index (χ4n) is 17.5. The number of amides is 14. The number of likely N-dealkylation sites (N-methyl/N-ethyl adjacent to an activating group) is 1. The number of rotatable bonds is 21. The molecule has 41 heteroatoms. The van der Waals surface area contributed by atoms with Crippen molar-refractivity contribution in [3.8, 4) is 22.3 Å². The molecule has 0 spiro atoms. The minimum Gasteiger partial charge on any atom is -0.481 e. The second kappa shape index (κ2) is 47.3.